The highest BCUT2D eigenvalue weighted by Crippen LogP contribution is 2.11. The first kappa shape index (κ1) is 28.7. The number of amides is 2. The van der Waals surface area contributed by atoms with Crippen molar-refractivity contribution in [3.8, 4) is 0 Å². The molecule has 0 aliphatic carbocycles. The lowest BCUT2D eigenvalue weighted by Crippen LogP contribution is -2.42. The Balaban J connectivity index is 1.44. The molecule has 1 unspecified atom stereocenters. The number of hydrogen-bond acceptors (Lipinski definition) is 6. The SMILES string of the molecule is O=C(NCCCC(NC(=O)OCCc1ccc(Br)cc1)C(=O)OCc1ccccc1)OCc1ccccc1. The first-order chi connectivity index (χ1) is 18.5. The van der Waals surface area contributed by atoms with E-state index in [1.165, 1.54) is 0 Å². The molecule has 1 atom stereocenters. The molecule has 2 N–H and O–H groups in total. The Morgan fingerprint density at radius 2 is 1.32 bits per heavy atom. The third-order valence-corrected chi connectivity index (χ3v) is 6.02. The van der Waals surface area contributed by atoms with Gasteiger partial charge in [0.2, 0.25) is 0 Å². The maximum absolute atomic E-state index is 12.8. The van der Waals surface area contributed by atoms with E-state index < -0.39 is 24.2 Å². The summed E-state index contributed by atoms with van der Waals surface area (Å²) in [5, 5.41) is 5.25. The molecule has 0 spiro atoms. The Morgan fingerprint density at radius 3 is 1.95 bits per heavy atom. The van der Waals surface area contributed by atoms with E-state index in [4.69, 9.17) is 14.2 Å². The summed E-state index contributed by atoms with van der Waals surface area (Å²) in [5.41, 5.74) is 2.73. The highest BCUT2D eigenvalue weighted by Gasteiger charge is 2.23. The quantitative estimate of drug-likeness (QED) is 0.156. The van der Waals surface area contributed by atoms with Crippen LogP contribution in [0.3, 0.4) is 0 Å². The van der Waals surface area contributed by atoms with Crippen LogP contribution < -0.4 is 10.6 Å². The van der Waals surface area contributed by atoms with Crippen molar-refractivity contribution in [3.63, 3.8) is 0 Å². The van der Waals surface area contributed by atoms with E-state index in [1.807, 2.05) is 84.9 Å². The van der Waals surface area contributed by atoms with Gasteiger partial charge in [-0.1, -0.05) is 88.7 Å². The van der Waals surface area contributed by atoms with Crippen molar-refractivity contribution in [3.05, 3.63) is 106 Å². The van der Waals surface area contributed by atoms with Crippen LogP contribution in [-0.2, 0) is 38.6 Å². The molecule has 0 radical (unpaired) electrons. The van der Waals surface area contributed by atoms with Crippen LogP contribution in [0.25, 0.3) is 0 Å². The summed E-state index contributed by atoms with van der Waals surface area (Å²) >= 11 is 3.39. The molecule has 0 aromatic heterocycles. The molecule has 3 rings (SSSR count). The van der Waals surface area contributed by atoms with Gasteiger partial charge in [-0.2, -0.15) is 0 Å². The molecule has 0 saturated carbocycles. The zero-order chi connectivity index (χ0) is 27.0. The summed E-state index contributed by atoms with van der Waals surface area (Å²) in [7, 11) is 0. The Hall–Kier alpha value is -3.85. The van der Waals surface area contributed by atoms with Gasteiger partial charge < -0.3 is 24.8 Å². The van der Waals surface area contributed by atoms with Crippen molar-refractivity contribution >= 4 is 34.1 Å². The van der Waals surface area contributed by atoms with Crippen molar-refractivity contribution in [1.29, 1.82) is 0 Å². The zero-order valence-corrected chi connectivity index (χ0v) is 22.5. The number of nitrogens with one attached hydrogen (secondary N) is 2. The maximum Gasteiger partial charge on any atom is 0.407 e. The van der Waals surface area contributed by atoms with Crippen molar-refractivity contribution in [2.45, 2.75) is 38.5 Å². The maximum atomic E-state index is 12.8. The van der Waals surface area contributed by atoms with Crippen LogP contribution in [0.2, 0.25) is 0 Å². The van der Waals surface area contributed by atoms with Gasteiger partial charge in [0, 0.05) is 17.4 Å². The van der Waals surface area contributed by atoms with Gasteiger partial charge in [-0.25, -0.2) is 14.4 Å². The fraction of sp³-hybridized carbons (Fsp3) is 0.276. The second-order valence-corrected chi connectivity index (χ2v) is 9.35. The average Bonchev–Trinajstić information content (AvgIpc) is 2.94. The molecule has 0 fully saturated rings. The number of alkyl carbamates (subject to hydrolysis) is 2. The second-order valence-electron chi connectivity index (χ2n) is 8.43. The Labute approximate surface area is 230 Å². The molecular formula is C29H31BrN2O6. The molecule has 0 saturated heterocycles. The van der Waals surface area contributed by atoms with Crippen LogP contribution in [0, 0.1) is 0 Å². The lowest BCUT2D eigenvalue weighted by atomic mass is 10.1. The predicted molar refractivity (Wildman–Crippen MR) is 146 cm³/mol. The van der Waals surface area contributed by atoms with Crippen molar-refractivity contribution in [2.24, 2.45) is 0 Å². The fourth-order valence-electron chi connectivity index (χ4n) is 3.45. The molecular weight excluding hydrogens is 552 g/mol. The average molecular weight is 583 g/mol. The number of hydrogen-bond donors (Lipinski definition) is 2. The van der Waals surface area contributed by atoms with E-state index in [0.29, 0.717) is 12.8 Å². The van der Waals surface area contributed by atoms with Crippen LogP contribution in [0.15, 0.2) is 89.4 Å². The lowest BCUT2D eigenvalue weighted by Gasteiger charge is -2.18. The van der Waals surface area contributed by atoms with Crippen molar-refractivity contribution in [1.82, 2.24) is 10.6 Å². The van der Waals surface area contributed by atoms with Crippen molar-refractivity contribution in [2.75, 3.05) is 13.2 Å². The summed E-state index contributed by atoms with van der Waals surface area (Å²) in [6.07, 6.45) is -0.0748. The van der Waals surface area contributed by atoms with Gasteiger partial charge >= 0.3 is 18.2 Å². The molecule has 9 heteroatoms. The monoisotopic (exact) mass is 582 g/mol. The molecule has 0 aliphatic heterocycles. The summed E-state index contributed by atoms with van der Waals surface area (Å²) in [5.74, 6) is -0.578. The van der Waals surface area contributed by atoms with Crippen LogP contribution in [0.1, 0.15) is 29.5 Å². The van der Waals surface area contributed by atoms with Crippen molar-refractivity contribution < 1.29 is 28.6 Å². The lowest BCUT2D eigenvalue weighted by molar-refractivity contribution is -0.147. The molecule has 8 nitrogen and oxygen atoms in total. The van der Waals surface area contributed by atoms with Crippen LogP contribution in [-0.4, -0.2) is 37.3 Å². The van der Waals surface area contributed by atoms with Gasteiger partial charge in [-0.05, 0) is 41.7 Å². The smallest absolute Gasteiger partial charge is 0.407 e. The highest BCUT2D eigenvalue weighted by molar-refractivity contribution is 9.10. The molecule has 0 heterocycles. The summed E-state index contributed by atoms with van der Waals surface area (Å²) in [6.45, 7) is 0.666. The first-order valence-corrected chi connectivity index (χ1v) is 13.1. The predicted octanol–water partition coefficient (Wildman–Crippen LogP) is 5.54. The number of esters is 1. The minimum atomic E-state index is -0.930. The Kier molecular flexibility index (Phi) is 12.2. The van der Waals surface area contributed by atoms with Gasteiger partial charge in [0.25, 0.3) is 0 Å². The van der Waals surface area contributed by atoms with E-state index >= 15 is 0 Å². The number of carbonyl (C=O) groups is 3. The van der Waals surface area contributed by atoms with Gasteiger partial charge in [0.15, 0.2) is 0 Å². The third kappa shape index (κ3) is 11.0. The van der Waals surface area contributed by atoms with Gasteiger partial charge in [0.05, 0.1) is 6.61 Å². The third-order valence-electron chi connectivity index (χ3n) is 5.49. The van der Waals surface area contributed by atoms with Crippen LogP contribution in [0.5, 0.6) is 0 Å². The zero-order valence-electron chi connectivity index (χ0n) is 20.9. The molecule has 38 heavy (non-hydrogen) atoms. The molecule has 2 amide bonds. The first-order valence-electron chi connectivity index (χ1n) is 12.3. The number of carbonyl (C=O) groups excluding carboxylic acids is 3. The van der Waals surface area contributed by atoms with E-state index in [9.17, 15) is 14.4 Å². The molecule has 3 aromatic carbocycles. The minimum Gasteiger partial charge on any atom is -0.459 e. The number of rotatable bonds is 13. The topological polar surface area (TPSA) is 103 Å². The van der Waals surface area contributed by atoms with Gasteiger partial charge in [-0.15, -0.1) is 0 Å². The van der Waals surface area contributed by atoms with Gasteiger partial charge in [0.1, 0.15) is 19.3 Å². The minimum absolute atomic E-state index is 0.0839. The van der Waals surface area contributed by atoms with Crippen LogP contribution >= 0.6 is 15.9 Å². The summed E-state index contributed by atoms with van der Waals surface area (Å²) in [4.78, 5) is 37.1. The number of ether oxygens (including phenoxy) is 3. The molecule has 0 aliphatic rings. The fourth-order valence-corrected chi connectivity index (χ4v) is 3.71. The van der Waals surface area contributed by atoms with E-state index in [2.05, 4.69) is 26.6 Å². The summed E-state index contributed by atoms with van der Waals surface area (Å²) < 4.78 is 16.9. The van der Waals surface area contributed by atoms with Gasteiger partial charge in [-0.3, -0.25) is 0 Å². The normalized spacial score (nSPS) is 11.2. The second kappa shape index (κ2) is 16.1. The standard InChI is InChI=1S/C29H31BrN2O6/c30-25-15-13-22(14-16-25)17-19-36-29(35)32-26(27(33)37-20-23-8-3-1-4-9-23)12-7-18-31-28(34)38-21-24-10-5-2-6-11-24/h1-6,8-11,13-16,26H,7,12,17-21H2,(H,31,34)(H,32,35). The van der Waals surface area contributed by atoms with E-state index in [1.54, 1.807) is 0 Å². The Bertz CT molecular complexity index is 1140. The van der Waals surface area contributed by atoms with E-state index in [0.717, 1.165) is 21.2 Å². The molecule has 200 valence electrons. The molecule has 0 bridgehead atoms. The number of halogens is 1. The van der Waals surface area contributed by atoms with Crippen LogP contribution in [0.4, 0.5) is 9.59 Å². The highest BCUT2D eigenvalue weighted by atomic mass is 79.9. The summed E-state index contributed by atoms with van der Waals surface area (Å²) in [6, 6.07) is 25.4. The van der Waals surface area contributed by atoms with E-state index in [-0.39, 0.29) is 32.8 Å². The number of benzene rings is 3. The molecule has 3 aromatic rings. The Morgan fingerprint density at radius 1 is 0.711 bits per heavy atom. The largest absolute Gasteiger partial charge is 0.459 e.